The Kier molecular flexibility index (Phi) is 5.41. The Morgan fingerprint density at radius 3 is 2.72 bits per heavy atom. The summed E-state index contributed by atoms with van der Waals surface area (Å²) in [6.07, 6.45) is 0. The highest BCUT2D eigenvalue weighted by atomic mass is 16.1. The first-order valence-corrected chi connectivity index (χ1v) is 6.14. The summed E-state index contributed by atoms with van der Waals surface area (Å²) in [6, 6.07) is 7.82. The number of hydrogen-bond acceptors (Lipinski definition) is 2. The van der Waals surface area contributed by atoms with Crippen molar-refractivity contribution in [2.75, 3.05) is 6.54 Å². The van der Waals surface area contributed by atoms with Crippen molar-refractivity contribution in [3.63, 3.8) is 0 Å². The lowest BCUT2D eigenvalue weighted by Gasteiger charge is -2.16. The fourth-order valence-corrected chi connectivity index (χ4v) is 1.50. The molecule has 1 unspecified atom stereocenters. The van der Waals surface area contributed by atoms with E-state index in [9.17, 15) is 4.79 Å². The number of rotatable bonds is 3. The van der Waals surface area contributed by atoms with Crippen LogP contribution in [-0.2, 0) is 4.79 Å². The third-order valence-corrected chi connectivity index (χ3v) is 2.60. The van der Waals surface area contributed by atoms with Gasteiger partial charge in [0.2, 0.25) is 5.91 Å². The first-order chi connectivity index (χ1) is 8.54. The van der Waals surface area contributed by atoms with Gasteiger partial charge in [0, 0.05) is 11.5 Å². The van der Waals surface area contributed by atoms with Gasteiger partial charge in [-0.2, -0.15) is 0 Å². The normalized spacial score (nSPS) is 11.6. The van der Waals surface area contributed by atoms with Gasteiger partial charge in [-0.05, 0) is 24.6 Å². The van der Waals surface area contributed by atoms with Crippen LogP contribution in [0, 0.1) is 17.8 Å². The Morgan fingerprint density at radius 2 is 2.11 bits per heavy atom. The summed E-state index contributed by atoms with van der Waals surface area (Å²) in [5.74, 6) is 5.86. The molecule has 0 aliphatic rings. The van der Waals surface area contributed by atoms with E-state index in [4.69, 9.17) is 5.73 Å². The average Bonchev–Trinajstić information content (AvgIpc) is 2.36. The maximum Gasteiger partial charge on any atom is 0.223 e. The van der Waals surface area contributed by atoms with Crippen molar-refractivity contribution in [2.45, 2.75) is 26.8 Å². The van der Waals surface area contributed by atoms with Crippen molar-refractivity contribution >= 4 is 5.91 Å². The van der Waals surface area contributed by atoms with Crippen LogP contribution in [-0.4, -0.2) is 12.5 Å². The molecule has 0 aliphatic carbocycles. The number of amides is 1. The molecule has 0 spiro atoms. The lowest BCUT2D eigenvalue weighted by Crippen LogP contribution is -2.30. The van der Waals surface area contributed by atoms with E-state index in [1.807, 2.05) is 45.0 Å². The van der Waals surface area contributed by atoms with E-state index in [2.05, 4.69) is 17.2 Å². The largest absolute Gasteiger partial charge is 0.349 e. The third-order valence-electron chi connectivity index (χ3n) is 2.60. The molecule has 18 heavy (non-hydrogen) atoms. The van der Waals surface area contributed by atoms with Gasteiger partial charge in [-0.25, -0.2) is 0 Å². The van der Waals surface area contributed by atoms with E-state index in [-0.39, 0.29) is 17.9 Å². The number of hydrogen-bond donors (Lipinski definition) is 2. The van der Waals surface area contributed by atoms with Crippen molar-refractivity contribution in [1.82, 2.24) is 5.32 Å². The average molecular weight is 244 g/mol. The first kappa shape index (κ1) is 14.3. The number of nitrogens with one attached hydrogen (secondary N) is 1. The number of nitrogens with two attached hydrogens (primary N) is 1. The van der Waals surface area contributed by atoms with Crippen LogP contribution < -0.4 is 11.1 Å². The molecule has 0 saturated heterocycles. The highest BCUT2D eigenvalue weighted by Crippen LogP contribution is 2.14. The minimum Gasteiger partial charge on any atom is -0.349 e. The lowest BCUT2D eigenvalue weighted by molar-refractivity contribution is -0.124. The molecule has 3 N–H and O–H groups in total. The highest BCUT2D eigenvalue weighted by Gasteiger charge is 2.12. The van der Waals surface area contributed by atoms with Crippen LogP contribution in [0.4, 0.5) is 0 Å². The van der Waals surface area contributed by atoms with Crippen LogP contribution in [0.3, 0.4) is 0 Å². The molecule has 0 bridgehead atoms. The number of benzene rings is 1. The van der Waals surface area contributed by atoms with Gasteiger partial charge in [-0.3, -0.25) is 4.79 Å². The van der Waals surface area contributed by atoms with Crippen LogP contribution in [0.1, 0.15) is 37.9 Å². The molecular formula is C15H20N2O. The second kappa shape index (κ2) is 6.83. The molecule has 3 nitrogen and oxygen atoms in total. The monoisotopic (exact) mass is 244 g/mol. The quantitative estimate of drug-likeness (QED) is 0.797. The van der Waals surface area contributed by atoms with Gasteiger partial charge in [0.15, 0.2) is 0 Å². The van der Waals surface area contributed by atoms with Crippen LogP contribution in [0.25, 0.3) is 0 Å². The van der Waals surface area contributed by atoms with E-state index in [1.54, 1.807) is 0 Å². The highest BCUT2D eigenvalue weighted by molar-refractivity contribution is 5.78. The maximum atomic E-state index is 11.6. The summed E-state index contributed by atoms with van der Waals surface area (Å²) in [5, 5.41) is 2.97. The standard InChI is InChI=1S/C15H20N2O/c1-11(2)15(18)17-12(3)14-8-4-6-13(10-14)7-5-9-16/h4,6,8,10-12H,9,16H2,1-3H3,(H,17,18). The maximum absolute atomic E-state index is 11.6. The summed E-state index contributed by atoms with van der Waals surface area (Å²) in [4.78, 5) is 11.6. The second-order valence-electron chi connectivity index (χ2n) is 4.52. The Bertz CT molecular complexity index is 469. The van der Waals surface area contributed by atoms with Gasteiger partial charge in [0.1, 0.15) is 0 Å². The van der Waals surface area contributed by atoms with Crippen molar-refractivity contribution in [2.24, 2.45) is 11.7 Å². The summed E-state index contributed by atoms with van der Waals surface area (Å²) in [6.45, 7) is 6.08. The second-order valence-corrected chi connectivity index (χ2v) is 4.52. The molecular weight excluding hydrogens is 224 g/mol. The molecule has 0 saturated carbocycles. The fraction of sp³-hybridized carbons (Fsp3) is 0.400. The van der Waals surface area contributed by atoms with Gasteiger partial charge in [0.25, 0.3) is 0 Å². The minimum absolute atomic E-state index is 0.00679. The van der Waals surface area contributed by atoms with Crippen LogP contribution >= 0.6 is 0 Å². The van der Waals surface area contributed by atoms with E-state index in [0.717, 1.165) is 11.1 Å². The first-order valence-electron chi connectivity index (χ1n) is 6.14. The van der Waals surface area contributed by atoms with Crippen molar-refractivity contribution in [1.29, 1.82) is 0 Å². The molecule has 1 rings (SSSR count). The predicted octanol–water partition coefficient (Wildman–Crippen LogP) is 1.83. The Hall–Kier alpha value is -1.79. The van der Waals surface area contributed by atoms with E-state index >= 15 is 0 Å². The molecule has 96 valence electrons. The van der Waals surface area contributed by atoms with Gasteiger partial charge in [-0.15, -0.1) is 0 Å². The molecule has 0 aromatic heterocycles. The SMILES string of the molecule is CC(C)C(=O)NC(C)c1cccc(C#CCN)c1. The van der Waals surface area contributed by atoms with E-state index < -0.39 is 0 Å². The molecule has 1 atom stereocenters. The zero-order valence-corrected chi connectivity index (χ0v) is 11.2. The Labute approximate surface area is 109 Å². The fourth-order valence-electron chi connectivity index (χ4n) is 1.50. The number of carbonyl (C=O) groups is 1. The number of carbonyl (C=O) groups excluding carboxylic acids is 1. The van der Waals surface area contributed by atoms with Crippen LogP contribution in [0.2, 0.25) is 0 Å². The molecule has 0 fully saturated rings. The summed E-state index contributed by atoms with van der Waals surface area (Å²) >= 11 is 0. The molecule has 1 aromatic carbocycles. The van der Waals surface area contributed by atoms with Gasteiger partial charge >= 0.3 is 0 Å². The predicted molar refractivity (Wildman–Crippen MR) is 73.8 cm³/mol. The van der Waals surface area contributed by atoms with Gasteiger partial charge < -0.3 is 11.1 Å². The molecule has 3 heteroatoms. The Balaban J connectivity index is 2.80. The zero-order valence-electron chi connectivity index (χ0n) is 11.2. The summed E-state index contributed by atoms with van der Waals surface area (Å²) < 4.78 is 0. The lowest BCUT2D eigenvalue weighted by atomic mass is 10.0. The minimum atomic E-state index is -0.0143. The van der Waals surface area contributed by atoms with Crippen LogP contribution in [0.5, 0.6) is 0 Å². The molecule has 1 amide bonds. The van der Waals surface area contributed by atoms with E-state index in [1.165, 1.54) is 0 Å². The van der Waals surface area contributed by atoms with Crippen molar-refractivity contribution in [3.05, 3.63) is 35.4 Å². The smallest absolute Gasteiger partial charge is 0.223 e. The molecule has 0 radical (unpaired) electrons. The van der Waals surface area contributed by atoms with Gasteiger partial charge in [-0.1, -0.05) is 37.8 Å². The van der Waals surface area contributed by atoms with Crippen molar-refractivity contribution < 1.29 is 4.79 Å². The third kappa shape index (κ3) is 4.23. The summed E-state index contributed by atoms with van der Waals surface area (Å²) in [7, 11) is 0. The van der Waals surface area contributed by atoms with Crippen LogP contribution in [0.15, 0.2) is 24.3 Å². The van der Waals surface area contributed by atoms with Crippen molar-refractivity contribution in [3.8, 4) is 11.8 Å². The zero-order chi connectivity index (χ0) is 13.5. The molecule has 1 aromatic rings. The Morgan fingerprint density at radius 1 is 1.39 bits per heavy atom. The topological polar surface area (TPSA) is 55.1 Å². The van der Waals surface area contributed by atoms with E-state index in [0.29, 0.717) is 6.54 Å². The van der Waals surface area contributed by atoms with Gasteiger partial charge in [0.05, 0.1) is 12.6 Å². The summed E-state index contributed by atoms with van der Waals surface area (Å²) in [5.41, 5.74) is 7.31. The molecule has 0 aliphatic heterocycles. The molecule has 0 heterocycles.